The van der Waals surface area contributed by atoms with Crippen LogP contribution in [0.25, 0.3) is 0 Å². The summed E-state index contributed by atoms with van der Waals surface area (Å²) in [7, 11) is 0. The van der Waals surface area contributed by atoms with Crippen molar-refractivity contribution in [3.63, 3.8) is 0 Å². The van der Waals surface area contributed by atoms with Gasteiger partial charge in [0.1, 0.15) is 11.6 Å². The molecule has 1 heterocycles. The SMILES string of the molecule is [2H]C([2H])(NC(=O)N(C1CCN(C([2H])([2H])[2H])CC1)C([2H])([2H])c1ccc(F)cc1)c1ccc(OC([2H])([2H])C([2H])(C)C([2H])([2H])[2H])cc1. The third kappa shape index (κ3) is 7.24. The molecule has 2 aromatic rings. The summed E-state index contributed by atoms with van der Waals surface area (Å²) in [5.74, 6) is -3.48. The number of likely N-dealkylation sites (tertiary alicyclic amines) is 1. The van der Waals surface area contributed by atoms with Crippen LogP contribution < -0.4 is 10.1 Å². The van der Waals surface area contributed by atoms with Crippen LogP contribution in [0, 0.1) is 11.7 Å². The maximum Gasteiger partial charge on any atom is 0.318 e. The van der Waals surface area contributed by atoms with Crippen LogP contribution in [-0.4, -0.2) is 48.5 Å². The van der Waals surface area contributed by atoms with Crippen LogP contribution in [-0.2, 0) is 13.0 Å². The van der Waals surface area contributed by atoms with Gasteiger partial charge in [-0.05, 0) is 74.2 Å². The van der Waals surface area contributed by atoms with Crippen LogP contribution in [0.2, 0.25) is 0 Å². The van der Waals surface area contributed by atoms with Gasteiger partial charge >= 0.3 is 6.03 Å². The van der Waals surface area contributed by atoms with Gasteiger partial charge in [-0.15, -0.1) is 0 Å². The number of nitrogens with one attached hydrogen (secondary N) is 1. The van der Waals surface area contributed by atoms with Crippen molar-refractivity contribution in [2.24, 2.45) is 5.89 Å². The van der Waals surface area contributed by atoms with E-state index in [1.165, 1.54) is 4.90 Å². The van der Waals surface area contributed by atoms with E-state index in [0.717, 1.165) is 60.4 Å². The molecule has 1 N–H and O–H groups in total. The number of halogens is 1. The number of carbonyl (C=O) groups excluding carboxylic acids is 1. The van der Waals surface area contributed by atoms with Crippen molar-refractivity contribution >= 4 is 6.03 Å². The molecule has 0 bridgehead atoms. The van der Waals surface area contributed by atoms with Gasteiger partial charge in [-0.25, -0.2) is 9.18 Å². The van der Waals surface area contributed by atoms with Crippen molar-refractivity contribution in [2.45, 2.75) is 45.7 Å². The van der Waals surface area contributed by atoms with E-state index in [1.54, 1.807) is 0 Å². The fraction of sp³-hybridized carbons (Fsp3) is 0.480. The fourth-order valence-electron chi connectivity index (χ4n) is 3.02. The van der Waals surface area contributed by atoms with E-state index in [9.17, 15) is 9.18 Å². The number of rotatable bonds is 8. The van der Waals surface area contributed by atoms with Gasteiger partial charge in [0.05, 0.1) is 14.8 Å². The number of hydrogen-bond donors (Lipinski definition) is 1. The molecule has 2 aromatic carbocycles. The molecule has 5 nitrogen and oxygen atoms in total. The first-order chi connectivity index (χ1) is 19.9. The van der Waals surface area contributed by atoms with Gasteiger partial charge in [0, 0.05) is 28.6 Å². The molecule has 1 saturated heterocycles. The maximum absolute atomic E-state index is 13.6. The average Bonchev–Trinajstić information content (AvgIpc) is 2.87. The molecule has 0 aromatic heterocycles. The quantitative estimate of drug-likeness (QED) is 0.649. The van der Waals surface area contributed by atoms with Crippen molar-refractivity contribution in [3.8, 4) is 5.75 Å². The van der Waals surface area contributed by atoms with Gasteiger partial charge in [-0.3, -0.25) is 0 Å². The molecule has 6 heteroatoms. The lowest BCUT2D eigenvalue weighted by Crippen LogP contribution is -2.49. The molecule has 1 fully saturated rings. The van der Waals surface area contributed by atoms with Crippen molar-refractivity contribution in [1.82, 2.24) is 15.1 Å². The Hall–Kier alpha value is -2.60. The minimum atomic E-state index is -3.02. The molecule has 2 amide bonds. The summed E-state index contributed by atoms with van der Waals surface area (Å²) in [5.41, 5.74) is -0.232. The second-order valence-electron chi connectivity index (χ2n) is 7.12. The predicted octanol–water partition coefficient (Wildman–Crippen LogP) is 4.67. The van der Waals surface area contributed by atoms with E-state index in [-0.39, 0.29) is 42.8 Å². The summed E-state index contributed by atoms with van der Waals surface area (Å²) in [6, 6.07) is 6.92. The summed E-state index contributed by atoms with van der Waals surface area (Å²) >= 11 is 0. The topological polar surface area (TPSA) is 44.8 Å². The number of urea groups is 1. The molecule has 1 aliphatic heterocycles. The lowest BCUT2D eigenvalue weighted by molar-refractivity contribution is 0.127. The number of piperidine rings is 1. The summed E-state index contributed by atoms with van der Waals surface area (Å²) in [5, 5.41) is 2.17. The van der Waals surface area contributed by atoms with Crippen molar-refractivity contribution in [2.75, 3.05) is 26.6 Å². The number of benzene rings is 2. The van der Waals surface area contributed by atoms with Crippen LogP contribution in [0.5, 0.6) is 5.75 Å². The average molecular weight is 441 g/mol. The van der Waals surface area contributed by atoms with E-state index < -0.39 is 57.2 Å². The molecule has 0 saturated carbocycles. The lowest BCUT2D eigenvalue weighted by atomic mass is 10.0. The summed E-state index contributed by atoms with van der Waals surface area (Å²) in [6.07, 6.45) is 0.128. The second-order valence-corrected chi connectivity index (χ2v) is 7.12. The molecule has 1 atom stereocenters. The zero-order chi connectivity index (χ0) is 33.5. The first kappa shape index (κ1) is 11.3. The van der Waals surface area contributed by atoms with Crippen LogP contribution in [0.4, 0.5) is 9.18 Å². The van der Waals surface area contributed by atoms with E-state index in [2.05, 4.69) is 5.32 Å². The highest BCUT2D eigenvalue weighted by atomic mass is 19.1. The molecule has 0 aliphatic carbocycles. The molecular weight excluding hydrogens is 393 g/mol. The first-order valence-corrected chi connectivity index (χ1v) is 9.82. The summed E-state index contributed by atoms with van der Waals surface area (Å²) < 4.78 is 123. The minimum absolute atomic E-state index is 0.0193. The van der Waals surface area contributed by atoms with Gasteiger partial charge in [0.15, 0.2) is 0 Å². The van der Waals surface area contributed by atoms with E-state index >= 15 is 0 Å². The first-order valence-electron chi connectivity index (χ1n) is 16.3. The van der Waals surface area contributed by atoms with Crippen LogP contribution in [0.15, 0.2) is 48.5 Å². The van der Waals surface area contributed by atoms with Gasteiger partial charge < -0.3 is 19.9 Å². The van der Waals surface area contributed by atoms with Crippen molar-refractivity contribution in [3.05, 3.63) is 65.5 Å². The number of ether oxygens (including phenoxy) is 1. The molecule has 0 spiro atoms. The molecule has 31 heavy (non-hydrogen) atoms. The Bertz CT molecular complexity index is 1290. The van der Waals surface area contributed by atoms with Crippen LogP contribution >= 0.6 is 0 Å². The van der Waals surface area contributed by atoms with E-state index in [1.807, 2.05) is 0 Å². The highest BCUT2D eigenvalue weighted by molar-refractivity contribution is 5.74. The lowest BCUT2D eigenvalue weighted by Gasteiger charge is -2.37. The zero-order valence-electron chi connectivity index (χ0n) is 30.1. The smallest absolute Gasteiger partial charge is 0.318 e. The number of carbonyl (C=O) groups is 1. The Labute approximate surface area is 203 Å². The monoisotopic (exact) mass is 440 g/mol. The van der Waals surface area contributed by atoms with Crippen molar-refractivity contribution < 1.29 is 31.7 Å². The zero-order valence-corrected chi connectivity index (χ0v) is 17.1. The Kier molecular flexibility index (Phi) is 4.07. The highest BCUT2D eigenvalue weighted by Crippen LogP contribution is 2.19. The molecular formula is C25H34FN3O2. The molecule has 3 rings (SSSR count). The van der Waals surface area contributed by atoms with Gasteiger partial charge in [-0.2, -0.15) is 0 Å². The van der Waals surface area contributed by atoms with E-state index in [4.69, 9.17) is 22.6 Å². The molecule has 1 aliphatic rings. The minimum Gasteiger partial charge on any atom is -0.493 e. The van der Waals surface area contributed by atoms with Gasteiger partial charge in [-0.1, -0.05) is 38.0 Å². The van der Waals surface area contributed by atoms with Gasteiger partial charge in [0.2, 0.25) is 0 Å². The van der Waals surface area contributed by atoms with E-state index in [0.29, 0.717) is 0 Å². The third-order valence-corrected chi connectivity index (χ3v) is 4.63. The number of amides is 2. The second kappa shape index (κ2) is 11.1. The summed E-state index contributed by atoms with van der Waals surface area (Å²) in [4.78, 5) is 15.7. The van der Waals surface area contributed by atoms with Gasteiger partial charge in [0.25, 0.3) is 0 Å². The van der Waals surface area contributed by atoms with Crippen molar-refractivity contribution in [1.29, 1.82) is 0 Å². The highest BCUT2D eigenvalue weighted by Gasteiger charge is 2.27. The molecule has 1 unspecified atom stereocenters. The largest absolute Gasteiger partial charge is 0.493 e. The maximum atomic E-state index is 13.6. The third-order valence-electron chi connectivity index (χ3n) is 4.63. The number of nitrogens with zero attached hydrogens (tertiary/aromatic N) is 2. The fourth-order valence-corrected chi connectivity index (χ4v) is 3.02. The number of hydrogen-bond acceptors (Lipinski definition) is 3. The normalized spacial score (nSPS) is 25.4. The predicted molar refractivity (Wildman–Crippen MR) is 121 cm³/mol. The Morgan fingerprint density at radius 3 is 2.58 bits per heavy atom. The molecule has 0 radical (unpaired) electrons. The Morgan fingerprint density at radius 2 is 1.94 bits per heavy atom. The van der Waals surface area contributed by atoms with Crippen LogP contribution in [0.3, 0.4) is 0 Å². The Balaban J connectivity index is 1.87. The van der Waals surface area contributed by atoms with Crippen LogP contribution in [0.1, 0.15) is 55.6 Å². The standard InChI is InChI=1S/C25H34FN3O2/c1-19(2)18-31-24-10-6-20(7-11-24)16-27-25(30)29(23-12-14-28(3)15-13-23)17-21-4-8-22(26)9-5-21/h4-11,19,23H,12-18H2,1-3H3,(H,27,30)/i1D3,3D3,16D2,17D2,18D2,19D. The summed E-state index contributed by atoms with van der Waals surface area (Å²) in [6.45, 7) is -12.6. The molecule has 168 valence electrons. The Morgan fingerprint density at radius 1 is 1.26 bits per heavy atom.